The van der Waals surface area contributed by atoms with E-state index < -0.39 is 13.9 Å². The van der Waals surface area contributed by atoms with Gasteiger partial charge in [0, 0.05) is 13.0 Å². The van der Waals surface area contributed by atoms with Gasteiger partial charge in [0.2, 0.25) is 0 Å². The van der Waals surface area contributed by atoms with Gasteiger partial charge in [-0.2, -0.15) is 0 Å². The lowest BCUT2D eigenvalue weighted by Gasteiger charge is -2.24. The molecular weight excluding hydrogens is 830 g/mol. The highest BCUT2D eigenvalue weighted by Crippen LogP contribution is 2.43. The number of hydrogen-bond acceptors (Lipinski definition) is 6. The van der Waals surface area contributed by atoms with Gasteiger partial charge in [0.1, 0.15) is 19.3 Å². The molecule has 0 aliphatic heterocycles. The second-order valence-corrected chi connectivity index (χ2v) is 18.2. The quantitative estimate of drug-likeness (QED) is 0.0214. The lowest BCUT2D eigenvalue weighted by molar-refractivity contribution is -0.870. The van der Waals surface area contributed by atoms with Crippen LogP contribution in [0.15, 0.2) is 146 Å². The third kappa shape index (κ3) is 51.2. The first-order valence-corrected chi connectivity index (χ1v) is 26.1. The van der Waals surface area contributed by atoms with Gasteiger partial charge in [0.15, 0.2) is 0 Å². The standard InChI is InChI=1S/C56H90NO7P/c1-6-8-10-12-14-16-18-20-22-24-25-26-27-28-29-30-31-32-34-36-38-40-42-44-46-48-51-61-53-55(54-63-65(59,60)62-52-50-57(3,4)5)64-56(58)49-47-45-43-41-39-37-35-33-23-21-19-17-15-13-11-9-7-2/h8-11,14-17,20-23,25-26,28-29,31-32,35-38,41,43,55H,6-7,12-13,18-19,24,27,30,33-34,39-40,42,44-54H2,1-5H3/p+1/b10-8-,11-9-,16-14-,17-15-,22-20-,23-21-,26-25-,29-28-,32-31-,37-35-,38-36-,43-41-. The summed E-state index contributed by atoms with van der Waals surface area (Å²) in [6.45, 7) is 5.20. The maximum Gasteiger partial charge on any atom is 0.472 e. The van der Waals surface area contributed by atoms with E-state index in [2.05, 4.69) is 160 Å². The Morgan fingerprint density at radius 1 is 0.477 bits per heavy atom. The zero-order chi connectivity index (χ0) is 47.6. The van der Waals surface area contributed by atoms with Crippen LogP contribution >= 0.6 is 7.82 Å². The highest BCUT2D eigenvalue weighted by molar-refractivity contribution is 7.47. The number of phosphoric acid groups is 1. The van der Waals surface area contributed by atoms with Gasteiger partial charge < -0.3 is 18.9 Å². The number of rotatable bonds is 43. The van der Waals surface area contributed by atoms with Crippen LogP contribution in [0.4, 0.5) is 0 Å². The number of hydrogen-bond donors (Lipinski definition) is 1. The minimum atomic E-state index is -4.32. The molecule has 2 unspecified atom stereocenters. The number of ether oxygens (including phenoxy) is 2. The molecule has 366 valence electrons. The van der Waals surface area contributed by atoms with Crippen molar-refractivity contribution in [3.63, 3.8) is 0 Å². The lowest BCUT2D eigenvalue weighted by atomic mass is 10.1. The minimum absolute atomic E-state index is 0.0628. The van der Waals surface area contributed by atoms with E-state index in [0.29, 0.717) is 24.1 Å². The fourth-order valence-corrected chi connectivity index (χ4v) is 6.43. The van der Waals surface area contributed by atoms with Gasteiger partial charge in [0.25, 0.3) is 0 Å². The van der Waals surface area contributed by atoms with Crippen LogP contribution in [0, 0.1) is 0 Å². The number of phosphoric ester groups is 1. The summed E-state index contributed by atoms with van der Waals surface area (Å²) in [5, 5.41) is 0. The van der Waals surface area contributed by atoms with Crippen LogP contribution in [-0.2, 0) is 27.9 Å². The minimum Gasteiger partial charge on any atom is -0.457 e. The summed E-state index contributed by atoms with van der Waals surface area (Å²) in [4.78, 5) is 22.9. The molecule has 0 spiro atoms. The van der Waals surface area contributed by atoms with Gasteiger partial charge in [-0.15, -0.1) is 0 Å². The first kappa shape index (κ1) is 61.4. The van der Waals surface area contributed by atoms with Gasteiger partial charge in [-0.3, -0.25) is 13.8 Å². The van der Waals surface area contributed by atoms with Crippen molar-refractivity contribution in [2.24, 2.45) is 0 Å². The van der Waals surface area contributed by atoms with E-state index in [-0.39, 0.29) is 32.2 Å². The Balaban J connectivity index is 4.35. The normalized spacial score (nSPS) is 14.9. The average Bonchev–Trinajstić information content (AvgIpc) is 3.27. The first-order chi connectivity index (χ1) is 31.6. The molecule has 0 saturated carbocycles. The summed E-state index contributed by atoms with van der Waals surface area (Å²) < 4.78 is 35.0. The topological polar surface area (TPSA) is 91.3 Å². The van der Waals surface area contributed by atoms with Gasteiger partial charge in [-0.05, 0) is 109 Å². The van der Waals surface area contributed by atoms with Gasteiger partial charge in [-0.1, -0.05) is 173 Å². The summed E-state index contributed by atoms with van der Waals surface area (Å²) in [5.41, 5.74) is 0. The predicted molar refractivity (Wildman–Crippen MR) is 279 cm³/mol. The van der Waals surface area contributed by atoms with Crippen molar-refractivity contribution in [2.45, 2.75) is 148 Å². The van der Waals surface area contributed by atoms with Crippen molar-refractivity contribution in [1.29, 1.82) is 0 Å². The molecular formula is C56H91NO7P+. The largest absolute Gasteiger partial charge is 0.472 e. The number of likely N-dealkylation sites (N-methyl/N-ethyl adjacent to an activating group) is 1. The molecule has 0 aromatic heterocycles. The SMILES string of the molecule is CC/C=C\C/C=C\C/C=C\C/C=C\C/C=C\C/C=C\C/C=C\CCCCCCOCC(COP(=O)(O)OCC[N+](C)(C)C)OC(=O)CCC/C=C\C/C=C\C/C=C\C/C=C\C/C=C\CC. The Morgan fingerprint density at radius 3 is 1.25 bits per heavy atom. The molecule has 8 nitrogen and oxygen atoms in total. The third-order valence-corrected chi connectivity index (χ3v) is 10.4. The molecule has 1 N–H and O–H groups in total. The third-order valence-electron chi connectivity index (χ3n) is 9.40. The van der Waals surface area contributed by atoms with Crippen molar-refractivity contribution in [3.8, 4) is 0 Å². The van der Waals surface area contributed by atoms with E-state index in [4.69, 9.17) is 18.5 Å². The molecule has 2 atom stereocenters. The molecule has 0 aliphatic rings. The van der Waals surface area contributed by atoms with Crippen molar-refractivity contribution in [1.82, 2.24) is 0 Å². The van der Waals surface area contributed by atoms with Crippen LogP contribution < -0.4 is 0 Å². The molecule has 0 aromatic carbocycles. The van der Waals surface area contributed by atoms with Gasteiger partial charge in [-0.25, -0.2) is 4.57 Å². The molecule has 0 aliphatic carbocycles. The molecule has 0 heterocycles. The number of carbonyl (C=O) groups excluding carboxylic acids is 1. The van der Waals surface area contributed by atoms with Crippen molar-refractivity contribution >= 4 is 13.8 Å². The maximum atomic E-state index is 12.7. The van der Waals surface area contributed by atoms with Gasteiger partial charge in [0.05, 0.1) is 34.4 Å². The van der Waals surface area contributed by atoms with Crippen molar-refractivity contribution < 1.29 is 37.3 Å². The molecule has 0 aromatic rings. The molecule has 0 saturated heterocycles. The molecule has 0 fully saturated rings. The van der Waals surface area contributed by atoms with Crippen LogP contribution in [0.5, 0.6) is 0 Å². The van der Waals surface area contributed by atoms with Gasteiger partial charge >= 0.3 is 13.8 Å². The van der Waals surface area contributed by atoms with E-state index in [1.165, 1.54) is 0 Å². The predicted octanol–water partition coefficient (Wildman–Crippen LogP) is 15.3. The fourth-order valence-electron chi connectivity index (χ4n) is 5.68. The smallest absolute Gasteiger partial charge is 0.457 e. The number of quaternary nitrogens is 1. The number of nitrogens with zero attached hydrogens (tertiary/aromatic N) is 1. The summed E-state index contributed by atoms with van der Waals surface area (Å²) in [6, 6.07) is 0. The van der Waals surface area contributed by atoms with E-state index in [9.17, 15) is 14.3 Å². The zero-order valence-corrected chi connectivity index (χ0v) is 42.3. The summed E-state index contributed by atoms with van der Waals surface area (Å²) in [6.07, 6.45) is 70.5. The summed E-state index contributed by atoms with van der Waals surface area (Å²) in [5.74, 6) is -0.387. The van der Waals surface area contributed by atoms with Crippen molar-refractivity contribution in [2.75, 3.05) is 54.1 Å². The zero-order valence-electron chi connectivity index (χ0n) is 41.4. The van der Waals surface area contributed by atoms with E-state index >= 15 is 0 Å². The van der Waals surface area contributed by atoms with E-state index in [1.807, 2.05) is 21.1 Å². The molecule has 65 heavy (non-hydrogen) atoms. The Bertz CT molecular complexity index is 1540. The molecule has 0 bridgehead atoms. The maximum absolute atomic E-state index is 12.7. The van der Waals surface area contributed by atoms with E-state index in [0.717, 1.165) is 116 Å². The second-order valence-electron chi connectivity index (χ2n) is 16.7. The van der Waals surface area contributed by atoms with Crippen LogP contribution in [0.25, 0.3) is 0 Å². The van der Waals surface area contributed by atoms with Crippen molar-refractivity contribution in [3.05, 3.63) is 146 Å². The number of unbranched alkanes of at least 4 members (excludes halogenated alkanes) is 5. The molecule has 0 radical (unpaired) electrons. The molecule has 0 rings (SSSR count). The second kappa shape index (κ2) is 46.9. The lowest BCUT2D eigenvalue weighted by Crippen LogP contribution is -2.37. The number of allylic oxidation sites excluding steroid dienone is 24. The number of carbonyl (C=O) groups is 1. The first-order valence-electron chi connectivity index (χ1n) is 24.6. The molecule has 0 amide bonds. The monoisotopic (exact) mass is 921 g/mol. The van der Waals surface area contributed by atoms with E-state index in [1.54, 1.807) is 0 Å². The Kier molecular flexibility index (Phi) is 44.3. The van der Waals surface area contributed by atoms with Crippen LogP contribution in [0.3, 0.4) is 0 Å². The highest BCUT2D eigenvalue weighted by Gasteiger charge is 2.26. The molecule has 9 heteroatoms. The number of esters is 1. The Morgan fingerprint density at radius 2 is 0.846 bits per heavy atom. The Hall–Kier alpha value is -3.62. The van der Waals surface area contributed by atoms with Crippen LogP contribution in [-0.4, -0.2) is 75.6 Å². The Labute approximate surface area is 397 Å². The highest BCUT2D eigenvalue weighted by atomic mass is 31.2. The average molecular weight is 921 g/mol. The summed E-state index contributed by atoms with van der Waals surface area (Å²) >= 11 is 0. The summed E-state index contributed by atoms with van der Waals surface area (Å²) in [7, 11) is 1.58. The fraction of sp³-hybridized carbons (Fsp3) is 0.554. The van der Waals surface area contributed by atoms with Crippen LogP contribution in [0.2, 0.25) is 0 Å². The van der Waals surface area contributed by atoms with Crippen LogP contribution in [0.1, 0.15) is 142 Å².